The molecule has 0 atom stereocenters. The van der Waals surface area contributed by atoms with E-state index in [2.05, 4.69) is 10.1 Å². The molecule has 20 heavy (non-hydrogen) atoms. The van der Waals surface area contributed by atoms with Crippen molar-refractivity contribution in [3.8, 4) is 5.75 Å². The Morgan fingerprint density at radius 2 is 2.15 bits per heavy atom. The van der Waals surface area contributed by atoms with E-state index in [1.165, 1.54) is 4.68 Å². The maximum Gasteiger partial charge on any atom is 0.347 e. The van der Waals surface area contributed by atoms with E-state index in [9.17, 15) is 14.7 Å². The van der Waals surface area contributed by atoms with Crippen molar-refractivity contribution in [3.63, 3.8) is 0 Å². The summed E-state index contributed by atoms with van der Waals surface area (Å²) in [4.78, 5) is 26.3. The number of nitrogens with one attached hydrogen (secondary N) is 1. The van der Waals surface area contributed by atoms with E-state index in [1.807, 2.05) is 13.8 Å². The van der Waals surface area contributed by atoms with Crippen LogP contribution in [0, 0.1) is 0 Å². The molecule has 0 saturated carbocycles. The summed E-state index contributed by atoms with van der Waals surface area (Å²) in [5, 5.41) is 14.9. The minimum Gasteiger partial charge on any atom is -0.506 e. The smallest absolute Gasteiger partial charge is 0.347 e. The first-order chi connectivity index (χ1) is 9.38. The molecule has 0 aliphatic carbocycles. The lowest BCUT2D eigenvalue weighted by Crippen LogP contribution is -2.20. The Balaban J connectivity index is 2.83. The molecular formula is C13H17N3O4. The zero-order chi connectivity index (χ0) is 15.0. The van der Waals surface area contributed by atoms with Crippen molar-refractivity contribution in [2.75, 3.05) is 6.61 Å². The molecule has 2 aromatic rings. The normalized spacial score (nSPS) is 11.2. The van der Waals surface area contributed by atoms with Crippen LogP contribution in [0.25, 0.3) is 11.0 Å². The second-order valence-corrected chi connectivity index (χ2v) is 4.79. The second-order valence-electron chi connectivity index (χ2n) is 4.79. The molecule has 7 nitrogen and oxygen atoms in total. The number of hydrogen-bond acceptors (Lipinski definition) is 5. The van der Waals surface area contributed by atoms with Gasteiger partial charge in [0.2, 0.25) is 0 Å². The van der Waals surface area contributed by atoms with Gasteiger partial charge in [0, 0.05) is 7.05 Å². The molecule has 2 N–H and O–H groups in total. The largest absolute Gasteiger partial charge is 0.506 e. The number of aryl methyl sites for hydroxylation is 1. The molecule has 2 aromatic heterocycles. The van der Waals surface area contributed by atoms with E-state index in [0.717, 1.165) is 0 Å². The molecule has 0 radical (unpaired) electrons. The van der Waals surface area contributed by atoms with Crippen LogP contribution in [0.5, 0.6) is 5.75 Å². The number of carbonyl (C=O) groups is 1. The highest BCUT2D eigenvalue weighted by atomic mass is 16.5. The molecule has 0 aliphatic rings. The highest BCUT2D eigenvalue weighted by molar-refractivity contribution is 5.99. The summed E-state index contributed by atoms with van der Waals surface area (Å²) in [5.74, 6) is -1.18. The van der Waals surface area contributed by atoms with Crippen molar-refractivity contribution in [1.82, 2.24) is 14.8 Å². The summed E-state index contributed by atoms with van der Waals surface area (Å²) >= 11 is 0. The molecule has 0 aliphatic heterocycles. The van der Waals surface area contributed by atoms with Gasteiger partial charge in [0.05, 0.1) is 17.7 Å². The molecule has 0 bridgehead atoms. The van der Waals surface area contributed by atoms with Gasteiger partial charge < -0.3 is 14.8 Å². The number of aromatic amines is 1. The zero-order valence-electron chi connectivity index (χ0n) is 11.9. The molecule has 0 unspecified atom stereocenters. The Kier molecular flexibility index (Phi) is 3.52. The molecule has 0 spiro atoms. The number of hydrogen-bond donors (Lipinski definition) is 2. The summed E-state index contributed by atoms with van der Waals surface area (Å²) < 4.78 is 6.27. The third kappa shape index (κ3) is 2.04. The van der Waals surface area contributed by atoms with Crippen molar-refractivity contribution in [1.29, 1.82) is 0 Å². The quantitative estimate of drug-likeness (QED) is 0.824. The first-order valence-corrected chi connectivity index (χ1v) is 6.37. The highest BCUT2D eigenvalue weighted by Gasteiger charge is 2.25. The van der Waals surface area contributed by atoms with Gasteiger partial charge >= 0.3 is 5.97 Å². The Labute approximate surface area is 115 Å². The highest BCUT2D eigenvalue weighted by Crippen LogP contribution is 2.31. The van der Waals surface area contributed by atoms with Gasteiger partial charge in [0.1, 0.15) is 11.4 Å². The number of pyridine rings is 1. The molecule has 2 rings (SSSR count). The number of aromatic nitrogens is 3. The van der Waals surface area contributed by atoms with Gasteiger partial charge in [0.15, 0.2) is 5.56 Å². The Morgan fingerprint density at radius 1 is 1.50 bits per heavy atom. The first-order valence-electron chi connectivity index (χ1n) is 6.37. The predicted octanol–water partition coefficient (Wildman–Crippen LogP) is 1.27. The van der Waals surface area contributed by atoms with Crippen LogP contribution in [-0.2, 0) is 11.8 Å². The number of carbonyl (C=O) groups excluding carboxylic acids is 1. The first kappa shape index (κ1) is 14.1. The summed E-state index contributed by atoms with van der Waals surface area (Å²) in [6.45, 7) is 5.58. The van der Waals surface area contributed by atoms with Gasteiger partial charge in [-0.25, -0.2) is 4.79 Å². The standard InChI is InChI=1S/C13H17N3O4/c1-5-20-13(19)8-10(17)7-9(6(2)3)15-16(4)11(7)14-12(8)18/h6H,5H2,1-4H3,(H2,14,17,18). The van der Waals surface area contributed by atoms with Crippen LogP contribution in [0.4, 0.5) is 0 Å². The number of ether oxygens (including phenoxy) is 1. The predicted molar refractivity (Wildman–Crippen MR) is 73.0 cm³/mol. The number of aromatic hydroxyl groups is 1. The number of esters is 1. The topological polar surface area (TPSA) is 97.2 Å². The molecular weight excluding hydrogens is 262 g/mol. The van der Waals surface area contributed by atoms with E-state index < -0.39 is 11.5 Å². The summed E-state index contributed by atoms with van der Waals surface area (Å²) in [6, 6.07) is 0. The third-order valence-electron chi connectivity index (χ3n) is 3.03. The fraction of sp³-hybridized carbons (Fsp3) is 0.462. The monoisotopic (exact) mass is 279 g/mol. The minimum atomic E-state index is -0.841. The number of H-pyrrole nitrogens is 1. The fourth-order valence-electron chi connectivity index (χ4n) is 2.12. The Hall–Kier alpha value is -2.31. The van der Waals surface area contributed by atoms with Gasteiger partial charge in [-0.3, -0.25) is 9.48 Å². The van der Waals surface area contributed by atoms with Gasteiger partial charge in [0.25, 0.3) is 5.56 Å². The van der Waals surface area contributed by atoms with E-state index in [-0.39, 0.29) is 23.8 Å². The lowest BCUT2D eigenvalue weighted by molar-refractivity contribution is 0.0521. The summed E-state index contributed by atoms with van der Waals surface area (Å²) in [6.07, 6.45) is 0. The molecule has 108 valence electrons. The average molecular weight is 279 g/mol. The third-order valence-corrected chi connectivity index (χ3v) is 3.03. The van der Waals surface area contributed by atoms with Gasteiger partial charge in [-0.2, -0.15) is 5.10 Å². The van der Waals surface area contributed by atoms with Crippen molar-refractivity contribution < 1.29 is 14.6 Å². The van der Waals surface area contributed by atoms with Crippen LogP contribution in [0.3, 0.4) is 0 Å². The lowest BCUT2D eigenvalue weighted by Gasteiger charge is -2.06. The fourth-order valence-corrected chi connectivity index (χ4v) is 2.12. The summed E-state index contributed by atoms with van der Waals surface area (Å²) in [5.41, 5.74) is -0.0768. The maximum atomic E-state index is 11.9. The van der Waals surface area contributed by atoms with E-state index >= 15 is 0 Å². The van der Waals surface area contributed by atoms with E-state index in [1.54, 1.807) is 14.0 Å². The number of rotatable bonds is 3. The zero-order valence-corrected chi connectivity index (χ0v) is 11.9. The van der Waals surface area contributed by atoms with Crippen molar-refractivity contribution in [2.24, 2.45) is 7.05 Å². The Morgan fingerprint density at radius 3 is 2.70 bits per heavy atom. The molecule has 0 amide bonds. The minimum absolute atomic E-state index is 0.0329. The average Bonchev–Trinajstić information content (AvgIpc) is 2.68. The van der Waals surface area contributed by atoms with Crippen LogP contribution in [0.15, 0.2) is 4.79 Å². The molecule has 7 heteroatoms. The van der Waals surface area contributed by atoms with Crippen LogP contribution in [0.2, 0.25) is 0 Å². The molecule has 2 heterocycles. The van der Waals surface area contributed by atoms with Crippen LogP contribution in [0.1, 0.15) is 42.7 Å². The number of fused-ring (bicyclic) bond motifs is 1. The van der Waals surface area contributed by atoms with Crippen molar-refractivity contribution in [3.05, 3.63) is 21.6 Å². The second kappa shape index (κ2) is 4.99. The molecule has 0 fully saturated rings. The molecule has 0 saturated heterocycles. The van der Waals surface area contributed by atoms with Crippen LogP contribution < -0.4 is 5.56 Å². The maximum absolute atomic E-state index is 11.9. The van der Waals surface area contributed by atoms with Gasteiger partial charge in [-0.15, -0.1) is 0 Å². The van der Waals surface area contributed by atoms with Crippen molar-refractivity contribution in [2.45, 2.75) is 26.7 Å². The van der Waals surface area contributed by atoms with Gasteiger partial charge in [-0.05, 0) is 12.8 Å². The number of nitrogens with zero attached hydrogens (tertiary/aromatic N) is 2. The lowest BCUT2D eigenvalue weighted by atomic mass is 10.1. The SMILES string of the molecule is CCOC(=O)c1c(O)c2c(C(C)C)nn(C)c2[nH]c1=O. The molecule has 0 aromatic carbocycles. The summed E-state index contributed by atoms with van der Waals surface area (Å²) in [7, 11) is 1.66. The Bertz CT molecular complexity index is 727. The van der Waals surface area contributed by atoms with Crippen LogP contribution >= 0.6 is 0 Å². The van der Waals surface area contributed by atoms with Crippen molar-refractivity contribution >= 4 is 17.0 Å². The van der Waals surface area contributed by atoms with E-state index in [4.69, 9.17) is 4.74 Å². The van der Waals surface area contributed by atoms with Crippen LogP contribution in [-0.4, -0.2) is 32.4 Å². The van der Waals surface area contributed by atoms with E-state index in [0.29, 0.717) is 16.7 Å². The van der Waals surface area contributed by atoms with Gasteiger partial charge in [-0.1, -0.05) is 13.8 Å².